The Morgan fingerprint density at radius 1 is 1.57 bits per heavy atom. The zero-order chi connectivity index (χ0) is 6.28. The number of hydrogen-bond acceptors (Lipinski definition) is 2. The molecule has 7 heavy (non-hydrogen) atoms. The van der Waals surface area contributed by atoms with Crippen LogP contribution in [0.3, 0.4) is 0 Å². The summed E-state index contributed by atoms with van der Waals surface area (Å²) in [6.45, 7) is 3.10. The Morgan fingerprint density at radius 3 is 1.57 bits per heavy atom. The Morgan fingerprint density at radius 2 is 1.57 bits per heavy atom. The van der Waals surface area contributed by atoms with E-state index in [1.807, 2.05) is 0 Å². The van der Waals surface area contributed by atoms with E-state index in [1.165, 1.54) is 0 Å². The van der Waals surface area contributed by atoms with Gasteiger partial charge in [0.2, 0.25) is 0 Å². The highest BCUT2D eigenvalue weighted by Gasteiger charge is 1.80. The molecule has 0 atom stereocenters. The summed E-state index contributed by atoms with van der Waals surface area (Å²) in [7, 11) is -0.870. The Hall–Kier alpha value is -0.430. The molecule has 0 aromatic rings. The summed E-state index contributed by atoms with van der Waals surface area (Å²) >= 11 is 0. The second-order valence-corrected chi connectivity index (χ2v) is 2.54. The van der Waals surface area contributed by atoms with Gasteiger partial charge in [0.15, 0.2) is 0 Å². The predicted molar refractivity (Wildman–Crippen MR) is 28.1 cm³/mol. The number of carbonyl (C=O) groups is 1. The normalized spacial score (nSPS) is 5.43. The quantitative estimate of drug-likeness (QED) is 0.382. The van der Waals surface area contributed by atoms with E-state index in [0.717, 1.165) is 0 Å². The van der Waals surface area contributed by atoms with Crippen LogP contribution in [-0.2, 0) is 9.36 Å². The van der Waals surface area contributed by atoms with Gasteiger partial charge < -0.3 is 5.11 Å². The maximum Gasteiger partial charge on any atom is 0.332 e. The fourth-order valence-corrected chi connectivity index (χ4v) is 0. The molecule has 0 saturated carbocycles. The van der Waals surface area contributed by atoms with Crippen molar-refractivity contribution >= 4 is 14.3 Å². The standard InChI is InChI=1S/C2H6OP.CH2O2/c1-4(2)3;2-1-3/h1-2H3;1H,(H,2,3)/q+1;. The number of rotatable bonds is 0. The topological polar surface area (TPSA) is 54.4 Å². The molecule has 0 rings (SSSR count). The third kappa shape index (κ3) is 384. The molecule has 0 aliphatic rings. The van der Waals surface area contributed by atoms with Crippen LogP contribution in [0.5, 0.6) is 0 Å². The fraction of sp³-hybridized carbons (Fsp3) is 0.667. The second kappa shape index (κ2) is 9.13. The number of hydrogen-bond donors (Lipinski definition) is 1. The van der Waals surface area contributed by atoms with E-state index in [4.69, 9.17) is 9.90 Å². The lowest BCUT2D eigenvalue weighted by Crippen LogP contribution is -1.49. The SMILES string of the molecule is C[P+](C)=O.O=CO. The van der Waals surface area contributed by atoms with Crippen molar-refractivity contribution in [3.05, 3.63) is 0 Å². The first kappa shape index (κ1) is 9.76. The molecule has 0 radical (unpaired) electrons. The molecule has 4 heteroatoms. The fourth-order valence-electron chi connectivity index (χ4n) is 0. The van der Waals surface area contributed by atoms with Crippen LogP contribution in [0.2, 0.25) is 0 Å². The first-order valence-corrected chi connectivity index (χ1v) is 3.72. The predicted octanol–water partition coefficient (Wildman–Crippen LogP) is 0.774. The van der Waals surface area contributed by atoms with Crippen LogP contribution in [0.1, 0.15) is 0 Å². The van der Waals surface area contributed by atoms with E-state index in [2.05, 4.69) is 0 Å². The molecule has 0 spiro atoms. The van der Waals surface area contributed by atoms with Crippen molar-refractivity contribution in [2.45, 2.75) is 0 Å². The van der Waals surface area contributed by atoms with E-state index in [1.54, 1.807) is 13.3 Å². The Bertz CT molecular complexity index is 57.2. The molecular formula is C3H8O3P+. The van der Waals surface area contributed by atoms with E-state index >= 15 is 0 Å². The van der Waals surface area contributed by atoms with Crippen molar-refractivity contribution < 1.29 is 14.5 Å². The molecule has 0 aliphatic carbocycles. The van der Waals surface area contributed by atoms with Crippen LogP contribution in [0.4, 0.5) is 0 Å². The maximum atomic E-state index is 9.59. The molecule has 0 unspecified atom stereocenters. The van der Waals surface area contributed by atoms with E-state index in [0.29, 0.717) is 0 Å². The van der Waals surface area contributed by atoms with E-state index in [-0.39, 0.29) is 6.47 Å². The zero-order valence-electron chi connectivity index (χ0n) is 4.29. The van der Waals surface area contributed by atoms with E-state index in [9.17, 15) is 4.57 Å². The highest BCUT2D eigenvalue weighted by Crippen LogP contribution is 2.00. The summed E-state index contributed by atoms with van der Waals surface area (Å²) in [6, 6.07) is 0. The minimum absolute atomic E-state index is 0.250. The largest absolute Gasteiger partial charge is 0.483 e. The van der Waals surface area contributed by atoms with Gasteiger partial charge in [0.1, 0.15) is 13.3 Å². The van der Waals surface area contributed by atoms with Gasteiger partial charge >= 0.3 is 7.80 Å². The van der Waals surface area contributed by atoms with Crippen LogP contribution in [0, 0.1) is 0 Å². The Kier molecular flexibility index (Phi) is 12.7. The highest BCUT2D eigenvalue weighted by molar-refractivity contribution is 7.42. The summed E-state index contributed by atoms with van der Waals surface area (Å²) in [5.41, 5.74) is 0. The van der Waals surface area contributed by atoms with Crippen LogP contribution in [0.15, 0.2) is 0 Å². The van der Waals surface area contributed by atoms with Crippen molar-refractivity contribution in [2.75, 3.05) is 13.3 Å². The Labute approximate surface area is 43.1 Å². The lowest BCUT2D eigenvalue weighted by molar-refractivity contribution is -0.122. The van der Waals surface area contributed by atoms with Crippen molar-refractivity contribution in [3.63, 3.8) is 0 Å². The molecule has 0 saturated heterocycles. The third-order valence-corrected chi connectivity index (χ3v) is 0. The molecule has 3 nitrogen and oxygen atoms in total. The van der Waals surface area contributed by atoms with Gasteiger partial charge in [0.25, 0.3) is 6.47 Å². The second-order valence-electron chi connectivity index (χ2n) is 0.918. The molecule has 42 valence electrons. The summed E-state index contributed by atoms with van der Waals surface area (Å²) < 4.78 is 9.59. The lowest BCUT2D eigenvalue weighted by Gasteiger charge is -1.37. The monoisotopic (exact) mass is 123 g/mol. The molecule has 0 amide bonds. The molecule has 0 bridgehead atoms. The van der Waals surface area contributed by atoms with Gasteiger partial charge in [-0.25, -0.2) is 0 Å². The first-order chi connectivity index (χ1) is 3.15. The molecular weight excluding hydrogens is 115 g/mol. The van der Waals surface area contributed by atoms with Gasteiger partial charge in [-0.05, 0) is 0 Å². The van der Waals surface area contributed by atoms with Crippen LogP contribution >= 0.6 is 7.80 Å². The first-order valence-electron chi connectivity index (χ1n) is 1.57. The summed E-state index contributed by atoms with van der Waals surface area (Å²) in [5, 5.41) is 6.89. The van der Waals surface area contributed by atoms with Crippen molar-refractivity contribution in [3.8, 4) is 0 Å². The van der Waals surface area contributed by atoms with Crippen LogP contribution in [-0.4, -0.2) is 24.9 Å². The minimum Gasteiger partial charge on any atom is -0.483 e. The summed E-state index contributed by atoms with van der Waals surface area (Å²) in [6.07, 6.45) is 0. The van der Waals surface area contributed by atoms with Gasteiger partial charge in [0, 0.05) is 0 Å². The van der Waals surface area contributed by atoms with Crippen LogP contribution < -0.4 is 0 Å². The van der Waals surface area contributed by atoms with Gasteiger partial charge in [-0.15, -0.1) is 0 Å². The van der Waals surface area contributed by atoms with Crippen molar-refractivity contribution in [1.82, 2.24) is 0 Å². The number of carboxylic acid groups (broad SMARTS) is 1. The molecule has 0 aliphatic heterocycles. The highest BCUT2D eigenvalue weighted by atomic mass is 31.1. The average molecular weight is 123 g/mol. The lowest BCUT2D eigenvalue weighted by atomic mass is 11.7. The maximum absolute atomic E-state index is 9.59. The molecule has 0 fully saturated rings. The average Bonchev–Trinajstić information content (AvgIpc) is 1.33. The minimum atomic E-state index is -0.870. The van der Waals surface area contributed by atoms with Gasteiger partial charge in [-0.3, -0.25) is 4.79 Å². The Balaban J connectivity index is 0. The third-order valence-electron chi connectivity index (χ3n) is 0. The molecule has 0 heterocycles. The molecule has 0 aromatic carbocycles. The van der Waals surface area contributed by atoms with Gasteiger partial charge in [-0.1, -0.05) is 4.57 Å². The van der Waals surface area contributed by atoms with Gasteiger partial charge in [-0.2, -0.15) is 0 Å². The smallest absolute Gasteiger partial charge is 0.332 e. The van der Waals surface area contributed by atoms with Crippen molar-refractivity contribution in [2.24, 2.45) is 0 Å². The van der Waals surface area contributed by atoms with Crippen molar-refractivity contribution in [1.29, 1.82) is 0 Å². The molecule has 1 N–H and O–H groups in total. The zero-order valence-corrected chi connectivity index (χ0v) is 5.18. The van der Waals surface area contributed by atoms with E-state index < -0.39 is 7.80 Å². The van der Waals surface area contributed by atoms with Gasteiger partial charge in [0.05, 0.1) is 0 Å². The molecule has 0 aromatic heterocycles. The van der Waals surface area contributed by atoms with Crippen LogP contribution in [0.25, 0.3) is 0 Å². The summed E-state index contributed by atoms with van der Waals surface area (Å²) in [5.74, 6) is 0. The summed E-state index contributed by atoms with van der Waals surface area (Å²) in [4.78, 5) is 8.36.